The fourth-order valence-corrected chi connectivity index (χ4v) is 1.31. The van der Waals surface area contributed by atoms with Gasteiger partial charge in [0.1, 0.15) is 5.82 Å². The highest BCUT2D eigenvalue weighted by Crippen LogP contribution is 2.11. The van der Waals surface area contributed by atoms with E-state index in [0.29, 0.717) is 5.82 Å². The van der Waals surface area contributed by atoms with Gasteiger partial charge in [0.15, 0.2) is 0 Å². The number of aromatic nitrogens is 1. The largest absolute Gasteiger partial charge is 0.465 e. The molecule has 0 saturated heterocycles. The van der Waals surface area contributed by atoms with Crippen molar-refractivity contribution in [2.75, 3.05) is 18.6 Å². The molecule has 1 aromatic rings. The predicted molar refractivity (Wildman–Crippen MR) is 60.7 cm³/mol. The van der Waals surface area contributed by atoms with Gasteiger partial charge in [-0.2, -0.15) is 0 Å². The van der Waals surface area contributed by atoms with Crippen molar-refractivity contribution < 1.29 is 15.0 Å². The zero-order chi connectivity index (χ0) is 12.0. The molecule has 5 heteroatoms. The van der Waals surface area contributed by atoms with Crippen LogP contribution in [0.4, 0.5) is 10.6 Å². The number of hydrogen-bond donors (Lipinski definition) is 2. The van der Waals surface area contributed by atoms with Gasteiger partial charge in [0.2, 0.25) is 0 Å². The molecule has 1 heterocycles. The Morgan fingerprint density at radius 1 is 1.44 bits per heavy atom. The summed E-state index contributed by atoms with van der Waals surface area (Å²) in [5, 5.41) is 17.4. The number of nitrogens with zero attached hydrogens (tertiary/aromatic N) is 2. The van der Waals surface area contributed by atoms with Crippen LogP contribution in [-0.2, 0) is 6.42 Å². The van der Waals surface area contributed by atoms with E-state index in [-0.39, 0.29) is 6.61 Å². The maximum absolute atomic E-state index is 10.7. The second-order valence-electron chi connectivity index (χ2n) is 3.51. The smallest absolute Gasteiger partial charge is 0.412 e. The van der Waals surface area contributed by atoms with Crippen molar-refractivity contribution in [3.8, 4) is 0 Å². The van der Waals surface area contributed by atoms with Gasteiger partial charge in [0.05, 0.1) is 0 Å². The highest BCUT2D eigenvalue weighted by molar-refractivity contribution is 5.83. The summed E-state index contributed by atoms with van der Waals surface area (Å²) in [5.41, 5.74) is 0.846. The van der Waals surface area contributed by atoms with Gasteiger partial charge in [-0.15, -0.1) is 0 Å². The third kappa shape index (κ3) is 3.51. The summed E-state index contributed by atoms with van der Waals surface area (Å²) < 4.78 is 0. The molecule has 2 N–H and O–H groups in total. The monoisotopic (exact) mass is 224 g/mol. The standard InChI is InChI=1S/C11H16N2O3/c1-13(11(15)16)10-7-4-6-9(12-10)5-2-3-8-14/h4,6-7,14H,2-3,5,8H2,1H3,(H,15,16). The van der Waals surface area contributed by atoms with Crippen molar-refractivity contribution in [2.45, 2.75) is 19.3 Å². The van der Waals surface area contributed by atoms with E-state index >= 15 is 0 Å². The van der Waals surface area contributed by atoms with Gasteiger partial charge in [0, 0.05) is 19.3 Å². The number of unbranched alkanes of at least 4 members (excludes halogenated alkanes) is 1. The fraction of sp³-hybridized carbons (Fsp3) is 0.455. The van der Waals surface area contributed by atoms with Gasteiger partial charge in [0.25, 0.3) is 0 Å². The average molecular weight is 224 g/mol. The molecule has 0 aliphatic heterocycles. The maximum atomic E-state index is 10.7. The van der Waals surface area contributed by atoms with Crippen molar-refractivity contribution >= 4 is 11.9 Å². The number of carbonyl (C=O) groups is 1. The normalized spacial score (nSPS) is 10.1. The van der Waals surface area contributed by atoms with Crippen LogP contribution >= 0.6 is 0 Å². The quantitative estimate of drug-likeness (QED) is 0.743. The second-order valence-corrected chi connectivity index (χ2v) is 3.51. The minimum Gasteiger partial charge on any atom is -0.465 e. The lowest BCUT2D eigenvalue weighted by molar-refractivity contribution is 0.203. The van der Waals surface area contributed by atoms with Crippen LogP contribution in [0, 0.1) is 0 Å². The Balaban J connectivity index is 2.67. The van der Waals surface area contributed by atoms with Crippen LogP contribution in [0.2, 0.25) is 0 Å². The number of rotatable bonds is 5. The number of amides is 1. The Morgan fingerprint density at radius 3 is 2.81 bits per heavy atom. The van der Waals surface area contributed by atoms with Crippen LogP contribution in [0.25, 0.3) is 0 Å². The third-order valence-electron chi connectivity index (χ3n) is 2.26. The Labute approximate surface area is 94.4 Å². The number of anilines is 1. The Hall–Kier alpha value is -1.62. The van der Waals surface area contributed by atoms with Gasteiger partial charge < -0.3 is 10.2 Å². The van der Waals surface area contributed by atoms with Crippen LogP contribution in [0.3, 0.4) is 0 Å². The molecule has 0 radical (unpaired) electrons. The van der Waals surface area contributed by atoms with Crippen LogP contribution in [-0.4, -0.2) is 34.9 Å². The van der Waals surface area contributed by atoms with Crippen LogP contribution < -0.4 is 4.90 Å². The van der Waals surface area contributed by atoms with Crippen LogP contribution in [0.15, 0.2) is 18.2 Å². The van der Waals surface area contributed by atoms with E-state index in [9.17, 15) is 4.79 Å². The number of aliphatic hydroxyl groups excluding tert-OH is 1. The number of hydrogen-bond acceptors (Lipinski definition) is 3. The molecule has 16 heavy (non-hydrogen) atoms. The summed E-state index contributed by atoms with van der Waals surface area (Å²) in [6, 6.07) is 5.30. The molecule has 0 aliphatic rings. The highest BCUT2D eigenvalue weighted by atomic mass is 16.4. The molecule has 0 aliphatic carbocycles. The van der Waals surface area contributed by atoms with E-state index < -0.39 is 6.09 Å². The van der Waals surface area contributed by atoms with Crippen molar-refractivity contribution in [3.63, 3.8) is 0 Å². The molecule has 0 fully saturated rings. The molecule has 1 aromatic heterocycles. The van der Waals surface area contributed by atoms with Crippen molar-refractivity contribution in [3.05, 3.63) is 23.9 Å². The van der Waals surface area contributed by atoms with E-state index in [0.717, 1.165) is 29.9 Å². The summed E-state index contributed by atoms with van der Waals surface area (Å²) in [7, 11) is 1.46. The molecule has 88 valence electrons. The zero-order valence-corrected chi connectivity index (χ0v) is 9.26. The summed E-state index contributed by atoms with van der Waals surface area (Å²) in [6.45, 7) is 0.175. The Kier molecular flexibility index (Phi) is 4.72. The summed E-state index contributed by atoms with van der Waals surface area (Å²) in [6.07, 6.45) is 1.31. The highest BCUT2D eigenvalue weighted by Gasteiger charge is 2.09. The summed E-state index contributed by atoms with van der Waals surface area (Å²) in [4.78, 5) is 16.0. The lowest BCUT2D eigenvalue weighted by atomic mass is 10.2. The summed E-state index contributed by atoms with van der Waals surface area (Å²) in [5.74, 6) is 0.425. The number of aryl methyl sites for hydroxylation is 1. The first-order valence-corrected chi connectivity index (χ1v) is 5.18. The molecule has 1 amide bonds. The third-order valence-corrected chi connectivity index (χ3v) is 2.26. The first-order valence-electron chi connectivity index (χ1n) is 5.18. The van der Waals surface area contributed by atoms with Crippen LogP contribution in [0.5, 0.6) is 0 Å². The van der Waals surface area contributed by atoms with E-state index in [2.05, 4.69) is 4.98 Å². The van der Waals surface area contributed by atoms with Gasteiger partial charge >= 0.3 is 6.09 Å². The Bertz CT molecular complexity index is 355. The van der Waals surface area contributed by atoms with E-state index in [4.69, 9.17) is 10.2 Å². The van der Waals surface area contributed by atoms with Crippen LogP contribution in [0.1, 0.15) is 18.5 Å². The first-order chi connectivity index (χ1) is 7.65. The molecular weight excluding hydrogens is 208 g/mol. The van der Waals surface area contributed by atoms with E-state index in [1.165, 1.54) is 7.05 Å². The van der Waals surface area contributed by atoms with Gasteiger partial charge in [-0.1, -0.05) is 6.07 Å². The Morgan fingerprint density at radius 2 is 2.19 bits per heavy atom. The number of aliphatic hydroxyl groups is 1. The van der Waals surface area contributed by atoms with Gasteiger partial charge in [-0.05, 0) is 31.4 Å². The van der Waals surface area contributed by atoms with Crippen molar-refractivity contribution in [2.24, 2.45) is 0 Å². The zero-order valence-electron chi connectivity index (χ0n) is 9.26. The molecule has 5 nitrogen and oxygen atoms in total. The number of pyridine rings is 1. The van der Waals surface area contributed by atoms with Gasteiger partial charge in [-0.25, -0.2) is 9.78 Å². The fourth-order valence-electron chi connectivity index (χ4n) is 1.31. The topological polar surface area (TPSA) is 73.7 Å². The first kappa shape index (κ1) is 12.4. The molecule has 1 rings (SSSR count). The SMILES string of the molecule is CN(C(=O)O)c1cccc(CCCCO)n1. The molecule has 0 saturated carbocycles. The molecule has 0 aromatic carbocycles. The maximum Gasteiger partial charge on any atom is 0.412 e. The predicted octanol–water partition coefficient (Wildman–Crippen LogP) is 1.51. The van der Waals surface area contributed by atoms with Crippen molar-refractivity contribution in [1.82, 2.24) is 4.98 Å². The molecular formula is C11H16N2O3. The molecule has 0 unspecified atom stereocenters. The lowest BCUT2D eigenvalue weighted by Gasteiger charge is -2.12. The molecule has 0 bridgehead atoms. The molecule has 0 atom stereocenters. The summed E-state index contributed by atoms with van der Waals surface area (Å²) >= 11 is 0. The minimum atomic E-state index is -1.03. The average Bonchev–Trinajstić information content (AvgIpc) is 2.29. The second kappa shape index (κ2) is 6.07. The van der Waals surface area contributed by atoms with Gasteiger partial charge in [-0.3, -0.25) is 4.90 Å². The minimum absolute atomic E-state index is 0.175. The molecule has 0 spiro atoms. The number of carboxylic acid groups (broad SMARTS) is 1. The van der Waals surface area contributed by atoms with E-state index in [1.54, 1.807) is 12.1 Å². The van der Waals surface area contributed by atoms with Crippen molar-refractivity contribution in [1.29, 1.82) is 0 Å². The lowest BCUT2D eigenvalue weighted by Crippen LogP contribution is -2.24. The van der Waals surface area contributed by atoms with E-state index in [1.807, 2.05) is 6.07 Å².